The Morgan fingerprint density at radius 1 is 1.05 bits per heavy atom. The first-order valence-corrected chi connectivity index (χ1v) is 13.5. The topological polar surface area (TPSA) is 190 Å². The second-order valence-corrected chi connectivity index (χ2v) is 9.68. The lowest BCUT2D eigenvalue weighted by Gasteiger charge is -2.20. The van der Waals surface area contributed by atoms with Crippen molar-refractivity contribution in [2.45, 2.75) is 56.3 Å². The molecular formula is C27H36F2N2O12. The molecule has 5 atom stereocenters. The van der Waals surface area contributed by atoms with Gasteiger partial charge in [-0.15, -0.1) is 20.2 Å². The van der Waals surface area contributed by atoms with Crippen molar-refractivity contribution in [2.75, 3.05) is 33.0 Å². The fourth-order valence-electron chi connectivity index (χ4n) is 4.31. The Morgan fingerprint density at radius 2 is 1.77 bits per heavy atom. The highest BCUT2D eigenvalue weighted by Crippen LogP contribution is 2.37. The van der Waals surface area contributed by atoms with Crippen LogP contribution in [0.15, 0.2) is 54.6 Å². The van der Waals surface area contributed by atoms with Crippen LogP contribution >= 0.6 is 0 Å². The molecule has 1 saturated carbocycles. The van der Waals surface area contributed by atoms with Gasteiger partial charge in [-0.2, -0.15) is 8.78 Å². The molecule has 14 nitrogen and oxygen atoms in total. The Hall–Kier alpha value is -3.89. The molecule has 1 aliphatic carbocycles. The molecule has 1 aromatic carbocycles. The van der Waals surface area contributed by atoms with Crippen LogP contribution in [-0.2, 0) is 23.9 Å². The molecule has 16 heteroatoms. The molecule has 0 saturated heterocycles. The highest BCUT2D eigenvalue weighted by molar-refractivity contribution is 5.69. The number of carbonyl (C=O) groups excluding carboxylic acids is 1. The molecule has 1 fully saturated rings. The van der Waals surface area contributed by atoms with Crippen LogP contribution in [0.3, 0.4) is 0 Å². The van der Waals surface area contributed by atoms with Gasteiger partial charge in [0.25, 0.3) is 16.1 Å². The maximum absolute atomic E-state index is 14.4. The first kappa shape index (κ1) is 35.3. The summed E-state index contributed by atoms with van der Waals surface area (Å²) in [5.41, 5.74) is 0. The summed E-state index contributed by atoms with van der Waals surface area (Å²) in [6, 6.07) is 8.20. The van der Waals surface area contributed by atoms with Crippen LogP contribution in [0, 0.1) is 32.1 Å². The maximum atomic E-state index is 14.4. The van der Waals surface area contributed by atoms with E-state index in [-0.39, 0.29) is 26.1 Å². The number of aliphatic hydroxyl groups is 2. The van der Waals surface area contributed by atoms with Crippen LogP contribution in [0.4, 0.5) is 8.78 Å². The summed E-state index contributed by atoms with van der Waals surface area (Å²) in [4.78, 5) is 40.9. The largest absolute Gasteiger partial charge is 0.487 e. The van der Waals surface area contributed by atoms with Gasteiger partial charge in [0, 0.05) is 18.8 Å². The Balaban J connectivity index is 1.73. The standard InChI is InChI=1S/C27H36F2N2O12/c28-27(29,19-41-20-8-4-3-5-9-20)13-12-23-22(24(32)16-25(23)33)10-6-1-2-7-11-26(34)40-17-21(18-43-31(37)38)39-14-15-42-30(35)36/h1,3-6,8-9,12-13,21-25,32-33H,2,7,10-11,14-19H2/b6-1-,13-12+/t21?,22-,23-,24+,25-/m1/s1. The summed E-state index contributed by atoms with van der Waals surface area (Å²) in [7, 11) is 0. The number of alkyl halides is 2. The van der Waals surface area contributed by atoms with Crippen molar-refractivity contribution in [3.8, 4) is 5.75 Å². The van der Waals surface area contributed by atoms with Gasteiger partial charge in [0.1, 0.15) is 31.7 Å². The van der Waals surface area contributed by atoms with Gasteiger partial charge in [-0.1, -0.05) is 36.4 Å². The summed E-state index contributed by atoms with van der Waals surface area (Å²) < 4.78 is 44.0. The number of ether oxygens (including phenoxy) is 3. The SMILES string of the molecule is O=C(CCC/C=C\C[C@@H]1[C@@H](/C=C/C(F)(F)COc2ccccc2)[C@H](O)C[C@@H]1O)OCC(CO[N+](=O)[O-])OCCO[N+](=O)[O-]. The van der Waals surface area contributed by atoms with Crippen molar-refractivity contribution in [3.63, 3.8) is 0 Å². The van der Waals surface area contributed by atoms with Crippen molar-refractivity contribution < 1.29 is 57.8 Å². The third-order valence-corrected chi connectivity index (χ3v) is 6.41. The minimum atomic E-state index is -3.28. The van der Waals surface area contributed by atoms with E-state index < -0.39 is 72.0 Å². The van der Waals surface area contributed by atoms with Crippen LogP contribution in [0.2, 0.25) is 0 Å². The average Bonchev–Trinajstić information content (AvgIpc) is 3.23. The molecule has 43 heavy (non-hydrogen) atoms. The predicted octanol–water partition coefficient (Wildman–Crippen LogP) is 3.08. The number of esters is 1. The molecule has 240 valence electrons. The van der Waals surface area contributed by atoms with Crippen molar-refractivity contribution >= 4 is 5.97 Å². The van der Waals surface area contributed by atoms with E-state index in [4.69, 9.17) is 14.2 Å². The number of aliphatic hydroxyl groups excluding tert-OH is 2. The molecule has 0 bridgehead atoms. The number of nitrogens with zero attached hydrogens (tertiary/aromatic N) is 2. The smallest absolute Gasteiger partial charge is 0.305 e. The molecule has 2 N–H and O–H groups in total. The van der Waals surface area contributed by atoms with Gasteiger partial charge in [-0.05, 0) is 43.4 Å². The van der Waals surface area contributed by atoms with Gasteiger partial charge >= 0.3 is 5.97 Å². The van der Waals surface area contributed by atoms with E-state index in [9.17, 15) is 44.0 Å². The van der Waals surface area contributed by atoms with E-state index in [0.29, 0.717) is 31.1 Å². The van der Waals surface area contributed by atoms with Crippen LogP contribution in [-0.4, -0.2) is 83.6 Å². The molecule has 0 heterocycles. The third kappa shape index (κ3) is 14.7. The van der Waals surface area contributed by atoms with Crippen LogP contribution in [0.1, 0.15) is 32.1 Å². The summed E-state index contributed by atoms with van der Waals surface area (Å²) in [6.45, 7) is -2.52. The molecule has 1 unspecified atom stereocenters. The second kappa shape index (κ2) is 18.6. The van der Waals surface area contributed by atoms with Gasteiger partial charge in [-0.25, -0.2) is 0 Å². The quantitative estimate of drug-likeness (QED) is 0.0674. The number of unbranched alkanes of at least 4 members (excludes halogenated alkanes) is 1. The molecule has 2 rings (SSSR count). The number of rotatable bonds is 21. The normalized spacial score (nSPS) is 21.1. The zero-order valence-electron chi connectivity index (χ0n) is 23.3. The van der Waals surface area contributed by atoms with E-state index in [1.165, 1.54) is 6.08 Å². The molecule has 0 amide bonds. The van der Waals surface area contributed by atoms with E-state index >= 15 is 0 Å². The number of hydrogen-bond donors (Lipinski definition) is 2. The molecular weight excluding hydrogens is 582 g/mol. The summed E-state index contributed by atoms with van der Waals surface area (Å²) in [5, 5.41) is 39.2. The van der Waals surface area contributed by atoms with Crippen LogP contribution in [0.5, 0.6) is 5.75 Å². The first-order chi connectivity index (χ1) is 20.5. The minimum absolute atomic E-state index is 0.00779. The predicted molar refractivity (Wildman–Crippen MR) is 144 cm³/mol. The van der Waals surface area contributed by atoms with Gasteiger partial charge in [0.15, 0.2) is 6.61 Å². The lowest BCUT2D eigenvalue weighted by atomic mass is 9.89. The summed E-state index contributed by atoms with van der Waals surface area (Å²) in [5.74, 6) is -4.75. The molecule has 0 spiro atoms. The Morgan fingerprint density at radius 3 is 2.47 bits per heavy atom. The van der Waals surface area contributed by atoms with Gasteiger partial charge in [0.2, 0.25) is 0 Å². The maximum Gasteiger partial charge on any atom is 0.305 e. The summed E-state index contributed by atoms with van der Waals surface area (Å²) in [6.07, 6.45) is 3.77. The number of benzene rings is 1. The lowest BCUT2D eigenvalue weighted by molar-refractivity contribution is -0.760. The highest BCUT2D eigenvalue weighted by Gasteiger charge is 2.40. The monoisotopic (exact) mass is 618 g/mol. The third-order valence-electron chi connectivity index (χ3n) is 6.41. The van der Waals surface area contributed by atoms with Gasteiger partial charge < -0.3 is 34.1 Å². The fourth-order valence-corrected chi connectivity index (χ4v) is 4.31. The number of carbonyl (C=O) groups is 1. The van der Waals surface area contributed by atoms with Crippen molar-refractivity contribution in [1.29, 1.82) is 0 Å². The van der Waals surface area contributed by atoms with E-state index in [2.05, 4.69) is 9.68 Å². The molecule has 1 aliphatic rings. The Labute approximate surface area is 246 Å². The van der Waals surface area contributed by atoms with Gasteiger partial charge in [-0.3, -0.25) is 4.79 Å². The summed E-state index contributed by atoms with van der Waals surface area (Å²) >= 11 is 0. The van der Waals surface area contributed by atoms with Crippen LogP contribution < -0.4 is 4.74 Å². The first-order valence-electron chi connectivity index (χ1n) is 13.5. The lowest BCUT2D eigenvalue weighted by Crippen LogP contribution is -2.29. The molecule has 0 aliphatic heterocycles. The molecule has 1 aromatic rings. The van der Waals surface area contributed by atoms with Crippen molar-refractivity contribution in [2.24, 2.45) is 11.8 Å². The van der Waals surface area contributed by atoms with E-state index in [1.807, 2.05) is 0 Å². The second-order valence-electron chi connectivity index (χ2n) is 9.68. The number of para-hydroxylation sites is 1. The Bertz CT molecular complexity index is 1060. The van der Waals surface area contributed by atoms with Gasteiger partial charge in [0.05, 0.1) is 18.8 Å². The molecule has 0 radical (unpaired) electrons. The minimum Gasteiger partial charge on any atom is -0.487 e. The number of halogens is 2. The molecule has 0 aromatic heterocycles. The van der Waals surface area contributed by atoms with Crippen LogP contribution in [0.25, 0.3) is 0 Å². The number of allylic oxidation sites excluding steroid dienone is 2. The van der Waals surface area contributed by atoms with E-state index in [1.54, 1.807) is 42.5 Å². The number of hydrogen-bond acceptors (Lipinski definition) is 12. The zero-order chi connectivity index (χ0) is 31.7. The Kier molecular flexibility index (Phi) is 15.3. The zero-order valence-corrected chi connectivity index (χ0v) is 23.3. The van der Waals surface area contributed by atoms with Crippen molar-refractivity contribution in [1.82, 2.24) is 0 Å². The average molecular weight is 619 g/mol. The fraction of sp³-hybridized carbons (Fsp3) is 0.593. The van der Waals surface area contributed by atoms with Crippen molar-refractivity contribution in [3.05, 3.63) is 74.9 Å². The highest BCUT2D eigenvalue weighted by atomic mass is 19.3. The van der Waals surface area contributed by atoms with E-state index in [0.717, 1.165) is 0 Å².